The van der Waals surface area contributed by atoms with Crippen LogP contribution in [0, 0.1) is 6.92 Å². The maximum Gasteiger partial charge on any atom is 0.334 e. The van der Waals surface area contributed by atoms with Crippen LogP contribution in [0.25, 0.3) is 0 Å². The molecule has 4 rings (SSSR count). The van der Waals surface area contributed by atoms with Crippen molar-refractivity contribution in [3.8, 4) is 0 Å². The minimum Gasteiger partial charge on any atom is -0.459 e. The smallest absolute Gasteiger partial charge is 0.334 e. The van der Waals surface area contributed by atoms with E-state index in [1.165, 1.54) is 29.4 Å². The first-order chi connectivity index (χ1) is 16.7. The SMILES string of the molecule is Cc1ccc(S(=O)(=O)N(Cc2ccc(Cl)c(Cl)c2)C(=O)N2CCN(C(=O)c3ccco3)CC2)cc1. The van der Waals surface area contributed by atoms with Gasteiger partial charge in [-0.1, -0.05) is 47.0 Å². The second-order valence-electron chi connectivity index (χ2n) is 8.11. The lowest BCUT2D eigenvalue weighted by Gasteiger charge is -2.37. The van der Waals surface area contributed by atoms with Gasteiger partial charge in [-0.3, -0.25) is 4.79 Å². The molecule has 35 heavy (non-hydrogen) atoms. The fraction of sp³-hybridized carbons (Fsp3) is 0.250. The Bertz CT molecular complexity index is 1320. The maximum absolute atomic E-state index is 13.6. The number of piperazine rings is 1. The highest BCUT2D eigenvalue weighted by Gasteiger charge is 2.35. The average molecular weight is 536 g/mol. The van der Waals surface area contributed by atoms with Crippen molar-refractivity contribution < 1.29 is 22.4 Å². The van der Waals surface area contributed by atoms with Crippen molar-refractivity contribution >= 4 is 45.2 Å². The first kappa shape index (κ1) is 25.1. The number of halogens is 2. The molecular weight excluding hydrogens is 513 g/mol. The van der Waals surface area contributed by atoms with Crippen molar-refractivity contribution in [2.45, 2.75) is 18.4 Å². The molecule has 3 amide bonds. The van der Waals surface area contributed by atoms with Gasteiger partial charge in [-0.15, -0.1) is 0 Å². The van der Waals surface area contributed by atoms with Crippen LogP contribution in [0.2, 0.25) is 10.0 Å². The van der Waals surface area contributed by atoms with Gasteiger partial charge in [0.1, 0.15) is 0 Å². The molecule has 1 saturated heterocycles. The zero-order chi connectivity index (χ0) is 25.2. The van der Waals surface area contributed by atoms with Gasteiger partial charge in [0.15, 0.2) is 5.76 Å². The van der Waals surface area contributed by atoms with Gasteiger partial charge in [0, 0.05) is 26.2 Å². The molecule has 0 aliphatic carbocycles. The Labute approximate surface area is 213 Å². The highest BCUT2D eigenvalue weighted by molar-refractivity contribution is 7.89. The molecule has 0 atom stereocenters. The normalized spacial score (nSPS) is 14.1. The van der Waals surface area contributed by atoms with Gasteiger partial charge in [-0.25, -0.2) is 17.5 Å². The number of furan rings is 1. The largest absolute Gasteiger partial charge is 0.459 e. The summed E-state index contributed by atoms with van der Waals surface area (Å²) in [6.45, 7) is 2.46. The zero-order valence-electron chi connectivity index (χ0n) is 18.9. The summed E-state index contributed by atoms with van der Waals surface area (Å²) in [5.74, 6) is -0.0602. The fourth-order valence-corrected chi connectivity index (χ4v) is 5.41. The molecule has 1 aliphatic rings. The van der Waals surface area contributed by atoms with Crippen LogP contribution in [0.3, 0.4) is 0 Å². The van der Waals surface area contributed by atoms with Crippen LogP contribution in [-0.2, 0) is 16.6 Å². The number of carbonyl (C=O) groups excluding carboxylic acids is 2. The number of sulfonamides is 1. The van der Waals surface area contributed by atoms with E-state index in [4.69, 9.17) is 27.6 Å². The van der Waals surface area contributed by atoms with Crippen LogP contribution in [0.5, 0.6) is 0 Å². The van der Waals surface area contributed by atoms with Crippen molar-refractivity contribution in [3.05, 3.63) is 87.8 Å². The molecule has 0 spiro atoms. The molecule has 1 aliphatic heterocycles. The number of nitrogens with zero attached hydrogens (tertiary/aromatic N) is 3. The molecule has 0 radical (unpaired) electrons. The Hall–Kier alpha value is -3.01. The molecule has 2 heterocycles. The van der Waals surface area contributed by atoms with Crippen LogP contribution in [0.1, 0.15) is 21.7 Å². The Balaban J connectivity index is 1.58. The number of amides is 3. The second kappa shape index (κ2) is 10.3. The molecule has 2 aromatic carbocycles. The van der Waals surface area contributed by atoms with Gasteiger partial charge in [-0.2, -0.15) is 0 Å². The lowest BCUT2D eigenvalue weighted by atomic mass is 10.2. The zero-order valence-corrected chi connectivity index (χ0v) is 21.2. The van der Waals surface area contributed by atoms with E-state index >= 15 is 0 Å². The van der Waals surface area contributed by atoms with E-state index in [0.717, 1.165) is 9.87 Å². The van der Waals surface area contributed by atoms with Crippen LogP contribution >= 0.6 is 23.2 Å². The maximum atomic E-state index is 13.6. The third-order valence-electron chi connectivity index (χ3n) is 5.70. The van der Waals surface area contributed by atoms with Gasteiger partial charge in [0.25, 0.3) is 15.9 Å². The van der Waals surface area contributed by atoms with Crippen LogP contribution in [0.4, 0.5) is 4.79 Å². The van der Waals surface area contributed by atoms with Crippen molar-refractivity contribution in [2.24, 2.45) is 0 Å². The number of benzene rings is 2. The minimum atomic E-state index is -4.18. The standard InChI is InChI=1S/C24H23Cl2N3O5S/c1-17-4-7-19(8-5-17)35(32,33)29(16-18-6-9-20(25)21(26)15-18)24(31)28-12-10-27(11-13-28)23(30)22-3-2-14-34-22/h2-9,14-15H,10-13,16H2,1H3. The molecule has 8 nitrogen and oxygen atoms in total. The predicted octanol–water partition coefficient (Wildman–Crippen LogP) is 4.66. The molecule has 3 aromatic rings. The van der Waals surface area contributed by atoms with E-state index in [2.05, 4.69) is 0 Å². The third kappa shape index (κ3) is 5.47. The predicted molar refractivity (Wildman–Crippen MR) is 132 cm³/mol. The summed E-state index contributed by atoms with van der Waals surface area (Å²) in [5, 5.41) is 0.585. The molecule has 0 saturated carbocycles. The molecule has 1 fully saturated rings. The Morgan fingerprint density at radius 2 is 1.60 bits per heavy atom. The van der Waals surface area contributed by atoms with Gasteiger partial charge >= 0.3 is 6.03 Å². The van der Waals surface area contributed by atoms with Gasteiger partial charge < -0.3 is 14.2 Å². The first-order valence-corrected chi connectivity index (χ1v) is 13.0. The second-order valence-corrected chi connectivity index (χ2v) is 10.8. The summed E-state index contributed by atoms with van der Waals surface area (Å²) >= 11 is 12.1. The number of hydrogen-bond acceptors (Lipinski definition) is 5. The molecule has 0 N–H and O–H groups in total. The number of urea groups is 1. The van der Waals surface area contributed by atoms with Crippen molar-refractivity contribution in [2.75, 3.05) is 26.2 Å². The molecular formula is C24H23Cl2N3O5S. The number of rotatable bonds is 5. The Morgan fingerprint density at radius 1 is 0.943 bits per heavy atom. The molecule has 1 aromatic heterocycles. The quantitative estimate of drug-likeness (QED) is 0.473. The van der Waals surface area contributed by atoms with E-state index < -0.39 is 16.1 Å². The summed E-state index contributed by atoms with van der Waals surface area (Å²) in [6, 6.07) is 13.5. The van der Waals surface area contributed by atoms with Crippen LogP contribution in [0.15, 0.2) is 70.2 Å². The summed E-state index contributed by atoms with van der Waals surface area (Å²) in [7, 11) is -4.18. The van der Waals surface area contributed by atoms with Gasteiger partial charge in [0.05, 0.1) is 27.7 Å². The molecule has 184 valence electrons. The number of aryl methyl sites for hydroxylation is 1. The summed E-state index contributed by atoms with van der Waals surface area (Å²) in [4.78, 5) is 29.1. The number of hydrogen-bond donors (Lipinski definition) is 0. The van der Waals surface area contributed by atoms with E-state index in [1.807, 2.05) is 6.92 Å². The minimum absolute atomic E-state index is 0.00291. The van der Waals surface area contributed by atoms with Gasteiger partial charge in [-0.05, 0) is 48.9 Å². The lowest BCUT2D eigenvalue weighted by Crippen LogP contribution is -2.54. The van der Waals surface area contributed by atoms with Crippen LogP contribution < -0.4 is 0 Å². The topological polar surface area (TPSA) is 91.1 Å². The monoisotopic (exact) mass is 535 g/mol. The first-order valence-electron chi connectivity index (χ1n) is 10.8. The van der Waals surface area contributed by atoms with Crippen LogP contribution in [-0.4, -0.2) is 60.6 Å². The summed E-state index contributed by atoms with van der Waals surface area (Å²) in [6.07, 6.45) is 1.42. The average Bonchev–Trinajstić information content (AvgIpc) is 3.39. The van der Waals surface area contributed by atoms with E-state index in [1.54, 1.807) is 41.3 Å². The van der Waals surface area contributed by atoms with Crippen molar-refractivity contribution in [1.82, 2.24) is 14.1 Å². The summed E-state index contributed by atoms with van der Waals surface area (Å²) < 4.78 is 33.1. The number of carbonyl (C=O) groups is 2. The summed E-state index contributed by atoms with van der Waals surface area (Å²) in [5.41, 5.74) is 1.40. The Kier molecular flexibility index (Phi) is 7.39. The van der Waals surface area contributed by atoms with Crippen molar-refractivity contribution in [3.63, 3.8) is 0 Å². The molecule has 0 unspecified atom stereocenters. The third-order valence-corrected chi connectivity index (χ3v) is 8.17. The lowest BCUT2D eigenvalue weighted by molar-refractivity contribution is 0.0623. The van der Waals surface area contributed by atoms with E-state index in [9.17, 15) is 18.0 Å². The fourth-order valence-electron chi connectivity index (χ4n) is 3.71. The highest BCUT2D eigenvalue weighted by atomic mass is 35.5. The highest BCUT2D eigenvalue weighted by Crippen LogP contribution is 2.26. The van der Waals surface area contributed by atoms with E-state index in [-0.39, 0.29) is 54.3 Å². The molecule has 0 bridgehead atoms. The van der Waals surface area contributed by atoms with E-state index in [0.29, 0.717) is 10.6 Å². The molecule has 11 heteroatoms. The van der Waals surface area contributed by atoms with Gasteiger partial charge in [0.2, 0.25) is 0 Å². The van der Waals surface area contributed by atoms with Crippen molar-refractivity contribution in [1.29, 1.82) is 0 Å². The Morgan fingerprint density at radius 3 is 2.20 bits per heavy atom.